The molecule has 0 aliphatic carbocycles. The first-order chi connectivity index (χ1) is 13.1. The minimum Gasteiger partial charge on any atom is -0.459 e. The van der Waals surface area contributed by atoms with E-state index >= 15 is 0 Å². The van der Waals surface area contributed by atoms with Gasteiger partial charge in [0.05, 0.1) is 5.92 Å². The average molecular weight is 366 g/mol. The zero-order valence-electron chi connectivity index (χ0n) is 14.1. The van der Waals surface area contributed by atoms with E-state index in [-0.39, 0.29) is 18.9 Å². The summed E-state index contributed by atoms with van der Waals surface area (Å²) in [4.78, 5) is 28.6. The number of carbonyl (C=O) groups is 2. The predicted molar refractivity (Wildman–Crippen MR) is 94.1 cm³/mol. The van der Waals surface area contributed by atoms with Crippen LogP contribution >= 0.6 is 0 Å². The van der Waals surface area contributed by atoms with Crippen molar-refractivity contribution in [2.45, 2.75) is 18.9 Å². The number of oxazole rings is 1. The number of halogens is 1. The minimum absolute atomic E-state index is 0.0501. The van der Waals surface area contributed by atoms with E-state index in [2.05, 4.69) is 10.3 Å². The molecule has 27 heavy (non-hydrogen) atoms. The molecule has 3 aromatic rings. The Morgan fingerprint density at radius 3 is 2.89 bits per heavy atom. The molecular formula is C20H15FN2O4. The van der Waals surface area contributed by atoms with E-state index in [1.807, 2.05) is 30.3 Å². The highest BCUT2D eigenvalue weighted by Gasteiger charge is 2.32. The van der Waals surface area contributed by atoms with Crippen LogP contribution in [0.2, 0.25) is 0 Å². The van der Waals surface area contributed by atoms with Crippen LogP contribution in [0, 0.1) is 5.82 Å². The van der Waals surface area contributed by atoms with Crippen molar-refractivity contribution in [1.29, 1.82) is 0 Å². The van der Waals surface area contributed by atoms with Crippen molar-refractivity contribution in [3.63, 3.8) is 0 Å². The van der Waals surface area contributed by atoms with Crippen LogP contribution in [-0.4, -0.2) is 16.9 Å². The molecule has 1 atom stereocenters. The third kappa shape index (κ3) is 3.57. The second-order valence-corrected chi connectivity index (χ2v) is 6.15. The number of fused-ring (bicyclic) bond motifs is 1. The van der Waals surface area contributed by atoms with E-state index in [9.17, 15) is 14.0 Å². The van der Waals surface area contributed by atoms with Crippen molar-refractivity contribution in [1.82, 2.24) is 4.98 Å². The summed E-state index contributed by atoms with van der Waals surface area (Å²) in [5.74, 6) is -1.77. The predicted octanol–water partition coefficient (Wildman–Crippen LogP) is 3.65. The molecule has 0 saturated heterocycles. The second-order valence-electron chi connectivity index (χ2n) is 6.15. The molecule has 136 valence electrons. The van der Waals surface area contributed by atoms with Crippen LogP contribution in [-0.2, 0) is 20.9 Å². The number of hydrogen-bond acceptors (Lipinski definition) is 5. The summed E-state index contributed by atoms with van der Waals surface area (Å²) in [6, 6.07) is 13.3. The first kappa shape index (κ1) is 17.0. The van der Waals surface area contributed by atoms with Gasteiger partial charge < -0.3 is 14.5 Å². The smallest absolute Gasteiger partial charge is 0.314 e. The van der Waals surface area contributed by atoms with Crippen molar-refractivity contribution >= 4 is 17.6 Å². The lowest BCUT2D eigenvalue weighted by molar-refractivity contribution is -0.148. The van der Waals surface area contributed by atoms with Gasteiger partial charge in [0.1, 0.15) is 24.4 Å². The molecule has 0 fully saturated rings. The average Bonchev–Trinajstić information content (AvgIpc) is 3.15. The quantitative estimate of drug-likeness (QED) is 0.713. The number of aromatic nitrogens is 1. The molecule has 2 heterocycles. The highest BCUT2D eigenvalue weighted by Crippen LogP contribution is 2.33. The van der Waals surface area contributed by atoms with Crippen molar-refractivity contribution < 1.29 is 23.1 Å². The van der Waals surface area contributed by atoms with Crippen LogP contribution in [0.3, 0.4) is 0 Å². The van der Waals surface area contributed by atoms with E-state index < -0.39 is 17.7 Å². The third-order valence-corrected chi connectivity index (χ3v) is 4.27. The third-order valence-electron chi connectivity index (χ3n) is 4.27. The number of anilines is 1. The van der Waals surface area contributed by atoms with E-state index in [1.165, 1.54) is 24.5 Å². The van der Waals surface area contributed by atoms with Crippen LogP contribution in [0.5, 0.6) is 0 Å². The van der Waals surface area contributed by atoms with Gasteiger partial charge in [-0.05, 0) is 29.8 Å². The molecule has 0 radical (unpaired) electrons. The topological polar surface area (TPSA) is 81.4 Å². The molecule has 1 N–H and O–H groups in total. The summed E-state index contributed by atoms with van der Waals surface area (Å²) >= 11 is 0. The van der Waals surface area contributed by atoms with Gasteiger partial charge in [0.25, 0.3) is 0 Å². The van der Waals surface area contributed by atoms with Crippen LogP contribution in [0.15, 0.2) is 59.2 Å². The maximum absolute atomic E-state index is 13.4. The number of nitrogens with zero attached hydrogens (tertiary/aromatic N) is 1. The van der Waals surface area contributed by atoms with Crippen molar-refractivity contribution in [3.8, 4) is 11.5 Å². The Kier molecular flexibility index (Phi) is 4.42. The summed E-state index contributed by atoms with van der Waals surface area (Å²) in [7, 11) is 0. The number of nitrogens with one attached hydrogen (secondary N) is 1. The first-order valence-corrected chi connectivity index (χ1v) is 8.36. The van der Waals surface area contributed by atoms with Gasteiger partial charge in [0.15, 0.2) is 0 Å². The molecule has 0 saturated carbocycles. The molecule has 4 rings (SSSR count). The molecule has 7 heteroatoms. The Morgan fingerprint density at radius 2 is 2.07 bits per heavy atom. The fourth-order valence-electron chi connectivity index (χ4n) is 2.98. The molecule has 1 amide bonds. The Labute approximate surface area is 154 Å². The zero-order chi connectivity index (χ0) is 18.8. The van der Waals surface area contributed by atoms with Gasteiger partial charge in [-0.25, -0.2) is 9.37 Å². The lowest BCUT2D eigenvalue weighted by Crippen LogP contribution is -2.28. The molecule has 1 aliphatic heterocycles. The second kappa shape index (κ2) is 7.03. The van der Waals surface area contributed by atoms with Gasteiger partial charge in [-0.3, -0.25) is 9.59 Å². The number of esters is 1. The van der Waals surface area contributed by atoms with Crippen LogP contribution in [0.25, 0.3) is 11.5 Å². The van der Waals surface area contributed by atoms with Crippen molar-refractivity contribution in [2.24, 2.45) is 0 Å². The van der Waals surface area contributed by atoms with Crippen LogP contribution in [0.4, 0.5) is 10.1 Å². The molecule has 0 spiro atoms. The summed E-state index contributed by atoms with van der Waals surface area (Å²) in [5, 5.41) is 2.57. The standard InChI is InChI=1S/C20H15FN2O4/c21-13-6-7-15-16(9-18(24)23-17(15)8-13)20(25)27-11-14-10-26-19(22-14)12-4-2-1-3-5-12/h1-8,10,16H,9,11H2,(H,23,24). The Bertz CT molecular complexity index is 1000. The molecule has 1 unspecified atom stereocenters. The number of carbonyl (C=O) groups excluding carboxylic acids is 2. The fourth-order valence-corrected chi connectivity index (χ4v) is 2.98. The van der Waals surface area contributed by atoms with Gasteiger partial charge in [0.2, 0.25) is 11.8 Å². The molecule has 1 aromatic heterocycles. The molecule has 2 aromatic carbocycles. The highest BCUT2D eigenvalue weighted by atomic mass is 19.1. The lowest BCUT2D eigenvalue weighted by Gasteiger charge is -2.24. The van der Waals surface area contributed by atoms with Crippen LogP contribution in [0.1, 0.15) is 23.6 Å². The Morgan fingerprint density at radius 1 is 1.26 bits per heavy atom. The lowest BCUT2D eigenvalue weighted by atomic mass is 9.90. The highest BCUT2D eigenvalue weighted by molar-refractivity contribution is 5.99. The molecule has 1 aliphatic rings. The summed E-state index contributed by atoms with van der Waals surface area (Å²) < 4.78 is 24.1. The number of hydrogen-bond donors (Lipinski definition) is 1. The van der Waals surface area contributed by atoms with E-state index in [0.717, 1.165) is 5.56 Å². The normalized spacial score (nSPS) is 15.7. The van der Waals surface area contributed by atoms with Crippen molar-refractivity contribution in [3.05, 3.63) is 71.9 Å². The Balaban J connectivity index is 1.46. The molecule has 0 bridgehead atoms. The summed E-state index contributed by atoms with van der Waals surface area (Å²) in [5.41, 5.74) is 2.10. The van der Waals surface area contributed by atoms with Gasteiger partial charge in [-0.1, -0.05) is 24.3 Å². The monoisotopic (exact) mass is 366 g/mol. The maximum atomic E-state index is 13.4. The van der Waals surface area contributed by atoms with Gasteiger partial charge in [-0.2, -0.15) is 0 Å². The van der Waals surface area contributed by atoms with Gasteiger partial charge >= 0.3 is 5.97 Å². The minimum atomic E-state index is -0.783. The number of benzene rings is 2. The number of ether oxygens (including phenoxy) is 1. The maximum Gasteiger partial charge on any atom is 0.314 e. The fraction of sp³-hybridized carbons (Fsp3) is 0.150. The van der Waals surface area contributed by atoms with Crippen molar-refractivity contribution in [2.75, 3.05) is 5.32 Å². The number of amides is 1. The van der Waals surface area contributed by atoms with Crippen LogP contribution < -0.4 is 5.32 Å². The van der Waals surface area contributed by atoms with Gasteiger partial charge in [-0.15, -0.1) is 0 Å². The largest absolute Gasteiger partial charge is 0.459 e. The molecule has 6 nitrogen and oxygen atoms in total. The zero-order valence-corrected chi connectivity index (χ0v) is 14.1. The first-order valence-electron chi connectivity index (χ1n) is 8.36. The van der Waals surface area contributed by atoms with Gasteiger partial charge in [0, 0.05) is 17.7 Å². The number of rotatable bonds is 4. The summed E-state index contributed by atoms with van der Waals surface area (Å²) in [6.07, 6.45) is 1.37. The Hall–Kier alpha value is -3.48. The van der Waals surface area contributed by atoms with E-state index in [0.29, 0.717) is 22.8 Å². The molecular weight excluding hydrogens is 351 g/mol. The summed E-state index contributed by atoms with van der Waals surface area (Å²) in [6.45, 7) is -0.0795. The van der Waals surface area contributed by atoms with E-state index in [1.54, 1.807) is 0 Å². The SMILES string of the molecule is O=C1CC(C(=O)OCc2coc(-c3ccccc3)n2)c2ccc(F)cc2N1. The van der Waals surface area contributed by atoms with E-state index in [4.69, 9.17) is 9.15 Å².